The molecule has 1 heteroatoms. The first-order valence-corrected chi connectivity index (χ1v) is 16.0. The van der Waals surface area contributed by atoms with E-state index in [0.717, 1.165) is 0 Å². The summed E-state index contributed by atoms with van der Waals surface area (Å²) in [5.41, 5.74) is 0. The van der Waals surface area contributed by atoms with Crippen LogP contribution in [0.2, 0.25) is 0 Å². The van der Waals surface area contributed by atoms with Gasteiger partial charge < -0.3 is 5.32 Å². The smallest absolute Gasteiger partial charge is 0.00519 e. The lowest BCUT2D eigenvalue weighted by Gasteiger charge is -2.02. The molecular formula is C33H81N. The molecule has 1 nitrogen and oxygen atoms in total. The molecule has 0 aromatic heterocycles. The van der Waals surface area contributed by atoms with Gasteiger partial charge in [0.25, 0.3) is 0 Å². The molecule has 0 aliphatic rings. The lowest BCUT2D eigenvalue weighted by atomic mass is 10.1. The maximum atomic E-state index is 3.20. The third-order valence-corrected chi connectivity index (χ3v) is 3.28. The Hall–Kier alpha value is -0.0400. The molecular weight excluding hydrogens is 410 g/mol. The van der Waals surface area contributed by atoms with Gasteiger partial charge >= 0.3 is 0 Å². The summed E-state index contributed by atoms with van der Waals surface area (Å²) in [5.74, 6) is 0. The zero-order valence-corrected chi connectivity index (χ0v) is 27.9. The minimum absolute atomic E-state index is 1.19. The quantitative estimate of drug-likeness (QED) is 0.252. The SMILES string of the molecule is CCC.CCC.CCC.CCC.CCC.CCC.CCCCCCCCCCCCCCNC. The van der Waals surface area contributed by atoms with Crippen LogP contribution in [0.5, 0.6) is 0 Å². The molecule has 218 valence electrons. The van der Waals surface area contributed by atoms with E-state index in [9.17, 15) is 0 Å². The fourth-order valence-corrected chi connectivity index (χ4v) is 2.14. The van der Waals surface area contributed by atoms with Crippen LogP contribution >= 0.6 is 0 Å². The van der Waals surface area contributed by atoms with E-state index in [-0.39, 0.29) is 0 Å². The first-order chi connectivity index (χ1) is 16.4. The third-order valence-electron chi connectivity index (χ3n) is 3.28. The van der Waals surface area contributed by atoms with Crippen LogP contribution in [0.1, 0.15) is 206 Å². The van der Waals surface area contributed by atoms with E-state index >= 15 is 0 Å². The van der Waals surface area contributed by atoms with E-state index in [0.29, 0.717) is 0 Å². The van der Waals surface area contributed by atoms with Crippen molar-refractivity contribution in [1.29, 1.82) is 0 Å². The van der Waals surface area contributed by atoms with Crippen molar-refractivity contribution in [2.24, 2.45) is 0 Å². The van der Waals surface area contributed by atoms with Crippen molar-refractivity contribution in [3.05, 3.63) is 0 Å². The summed E-state index contributed by atoms with van der Waals surface area (Å²) in [4.78, 5) is 0. The molecule has 0 aliphatic heterocycles. The second-order valence-corrected chi connectivity index (χ2v) is 9.24. The molecule has 0 heterocycles. The molecule has 0 aliphatic carbocycles. The Balaban J connectivity index is -0.0000000659. The molecule has 0 aromatic carbocycles. The minimum Gasteiger partial charge on any atom is -0.320 e. The maximum absolute atomic E-state index is 3.20. The van der Waals surface area contributed by atoms with Crippen molar-refractivity contribution in [3.63, 3.8) is 0 Å². The Bertz CT molecular complexity index is 150. The van der Waals surface area contributed by atoms with E-state index in [1.165, 1.54) is 122 Å². The predicted molar refractivity (Wildman–Crippen MR) is 171 cm³/mol. The van der Waals surface area contributed by atoms with Crippen LogP contribution < -0.4 is 5.32 Å². The predicted octanol–water partition coefficient (Wildman–Crippen LogP) is 13.4. The Morgan fingerprint density at radius 1 is 0.294 bits per heavy atom. The van der Waals surface area contributed by atoms with Crippen LogP contribution in [0.15, 0.2) is 0 Å². The highest BCUT2D eigenvalue weighted by Gasteiger charge is 1.92. The Morgan fingerprint density at radius 2 is 0.471 bits per heavy atom. The summed E-state index contributed by atoms with van der Waals surface area (Å²) < 4.78 is 0. The largest absolute Gasteiger partial charge is 0.320 e. The molecule has 0 bridgehead atoms. The second kappa shape index (κ2) is 84.5. The van der Waals surface area contributed by atoms with Gasteiger partial charge in [-0.05, 0) is 20.0 Å². The van der Waals surface area contributed by atoms with Gasteiger partial charge in [-0.3, -0.25) is 0 Å². The Kier molecular flexibility index (Phi) is 126. The summed E-state index contributed by atoms with van der Waals surface area (Å²) in [5, 5.41) is 3.20. The van der Waals surface area contributed by atoms with Crippen molar-refractivity contribution in [2.75, 3.05) is 13.6 Å². The van der Waals surface area contributed by atoms with Crippen molar-refractivity contribution < 1.29 is 0 Å². The van der Waals surface area contributed by atoms with Crippen molar-refractivity contribution in [1.82, 2.24) is 5.32 Å². The Morgan fingerprint density at radius 3 is 0.647 bits per heavy atom. The molecule has 0 radical (unpaired) electrons. The average Bonchev–Trinajstić information content (AvgIpc) is 2.78. The summed E-state index contributed by atoms with van der Waals surface area (Å²) in [6, 6.07) is 0. The second-order valence-electron chi connectivity index (χ2n) is 9.24. The standard InChI is InChI=1S/C15H33N.6C3H8/c1-3-4-5-6-7-8-9-10-11-12-13-14-15-16-2;6*1-3-2/h16H,3-15H2,1-2H3;6*3H2,1-2H3. The number of hydrogen-bond donors (Lipinski definition) is 1. The molecule has 0 unspecified atom stereocenters. The van der Waals surface area contributed by atoms with Crippen molar-refractivity contribution >= 4 is 0 Å². The van der Waals surface area contributed by atoms with Gasteiger partial charge in [0.15, 0.2) is 0 Å². The van der Waals surface area contributed by atoms with E-state index in [2.05, 4.69) is 95.3 Å². The van der Waals surface area contributed by atoms with E-state index in [1.54, 1.807) is 0 Å². The summed E-state index contributed by atoms with van der Waals surface area (Å²) in [6.07, 6.45) is 24.8. The average molecular weight is 492 g/mol. The van der Waals surface area contributed by atoms with Gasteiger partial charge in [0.2, 0.25) is 0 Å². The van der Waals surface area contributed by atoms with E-state index in [4.69, 9.17) is 0 Å². The normalized spacial score (nSPS) is 8.29. The number of unbranched alkanes of at least 4 members (excludes halogenated alkanes) is 11. The molecule has 0 spiro atoms. The van der Waals surface area contributed by atoms with Crippen molar-refractivity contribution in [3.8, 4) is 0 Å². The lowest BCUT2D eigenvalue weighted by Crippen LogP contribution is -2.06. The molecule has 0 saturated carbocycles. The molecule has 34 heavy (non-hydrogen) atoms. The monoisotopic (exact) mass is 492 g/mol. The van der Waals surface area contributed by atoms with Crippen LogP contribution in [-0.4, -0.2) is 13.6 Å². The maximum Gasteiger partial charge on any atom is -0.00519 e. The van der Waals surface area contributed by atoms with Gasteiger partial charge in [-0.1, -0.05) is 199 Å². The number of rotatable bonds is 13. The van der Waals surface area contributed by atoms with Gasteiger partial charge in [-0.25, -0.2) is 0 Å². The fourth-order valence-electron chi connectivity index (χ4n) is 2.14. The molecule has 0 atom stereocenters. The third kappa shape index (κ3) is 182. The fraction of sp³-hybridized carbons (Fsp3) is 1.00. The highest BCUT2D eigenvalue weighted by atomic mass is 14.8. The van der Waals surface area contributed by atoms with Crippen LogP contribution in [-0.2, 0) is 0 Å². The minimum atomic E-state index is 1.19. The van der Waals surface area contributed by atoms with Gasteiger partial charge in [0, 0.05) is 0 Å². The Labute approximate surface area is 224 Å². The lowest BCUT2D eigenvalue weighted by molar-refractivity contribution is 0.541. The van der Waals surface area contributed by atoms with Crippen LogP contribution in [0, 0.1) is 0 Å². The number of nitrogens with one attached hydrogen (secondary N) is 1. The molecule has 0 rings (SSSR count). The first kappa shape index (κ1) is 50.8. The highest BCUT2D eigenvalue weighted by molar-refractivity contribution is 4.49. The topological polar surface area (TPSA) is 12.0 Å². The van der Waals surface area contributed by atoms with E-state index in [1.807, 2.05) is 7.05 Å². The van der Waals surface area contributed by atoms with Crippen molar-refractivity contribution in [2.45, 2.75) is 206 Å². The summed E-state index contributed by atoms with van der Waals surface area (Å²) in [7, 11) is 2.04. The van der Waals surface area contributed by atoms with Crippen LogP contribution in [0.4, 0.5) is 0 Å². The van der Waals surface area contributed by atoms with Crippen LogP contribution in [0.25, 0.3) is 0 Å². The van der Waals surface area contributed by atoms with E-state index < -0.39 is 0 Å². The number of hydrogen-bond acceptors (Lipinski definition) is 1. The summed E-state index contributed by atoms with van der Waals surface area (Å²) in [6.45, 7) is 29.0. The summed E-state index contributed by atoms with van der Waals surface area (Å²) >= 11 is 0. The van der Waals surface area contributed by atoms with Gasteiger partial charge in [-0.2, -0.15) is 0 Å². The molecule has 0 saturated heterocycles. The highest BCUT2D eigenvalue weighted by Crippen LogP contribution is 2.11. The van der Waals surface area contributed by atoms with Crippen LogP contribution in [0.3, 0.4) is 0 Å². The first-order valence-electron chi connectivity index (χ1n) is 16.0. The van der Waals surface area contributed by atoms with Gasteiger partial charge in [0.05, 0.1) is 0 Å². The zero-order valence-electron chi connectivity index (χ0n) is 27.9. The van der Waals surface area contributed by atoms with Gasteiger partial charge in [0.1, 0.15) is 0 Å². The molecule has 0 aromatic rings. The molecule has 0 fully saturated rings. The molecule has 0 amide bonds. The van der Waals surface area contributed by atoms with Gasteiger partial charge in [-0.15, -0.1) is 0 Å². The molecule has 1 N–H and O–H groups in total. The zero-order chi connectivity index (χ0) is 28.1.